The number of para-hydroxylation sites is 1. The van der Waals surface area contributed by atoms with Crippen LogP contribution in [-0.4, -0.2) is 13.3 Å². The number of hydrogen-bond acceptors (Lipinski definition) is 3. The lowest BCUT2D eigenvalue weighted by molar-refractivity contribution is 0.215. The first-order valence-corrected chi connectivity index (χ1v) is 6.14. The van der Waals surface area contributed by atoms with E-state index in [0.717, 1.165) is 22.4 Å². The number of hydrogen-bond donors (Lipinski definition) is 0. The summed E-state index contributed by atoms with van der Waals surface area (Å²) >= 11 is 0. The van der Waals surface area contributed by atoms with E-state index >= 15 is 0 Å². The van der Waals surface area contributed by atoms with Crippen molar-refractivity contribution in [2.45, 2.75) is 13.5 Å². The molecule has 2 aromatic rings. The molecule has 0 aromatic heterocycles. The molecule has 0 atom stereocenters. The number of nitrogens with zero attached hydrogens (tertiary/aromatic N) is 1. The minimum Gasteiger partial charge on any atom is -0.489 e. The van der Waals surface area contributed by atoms with Crippen LogP contribution >= 0.6 is 0 Å². The van der Waals surface area contributed by atoms with Crippen molar-refractivity contribution in [1.29, 1.82) is 0 Å². The van der Waals surface area contributed by atoms with Crippen molar-refractivity contribution in [3.8, 4) is 5.75 Å². The van der Waals surface area contributed by atoms with Crippen LogP contribution in [-0.2, 0) is 11.4 Å². The molecule has 3 heteroatoms. The standard InChI is InChI=1S/C16H17NO2/c1-13-7-3-6-10-16(13)19-12-15-9-5-4-8-14(15)11-17-18-2/h3-11H,12H2,1-2H3. The highest BCUT2D eigenvalue weighted by Gasteiger charge is 2.02. The molecule has 2 aromatic carbocycles. The van der Waals surface area contributed by atoms with Crippen LogP contribution in [0.15, 0.2) is 53.7 Å². The molecule has 0 aliphatic rings. The summed E-state index contributed by atoms with van der Waals surface area (Å²) in [4.78, 5) is 4.71. The zero-order valence-electron chi connectivity index (χ0n) is 11.2. The summed E-state index contributed by atoms with van der Waals surface area (Å²) in [7, 11) is 1.53. The molecular formula is C16H17NO2. The van der Waals surface area contributed by atoms with Crippen LogP contribution in [0.3, 0.4) is 0 Å². The van der Waals surface area contributed by atoms with Gasteiger partial charge in [-0.1, -0.05) is 47.6 Å². The Hall–Kier alpha value is -2.29. The van der Waals surface area contributed by atoms with Gasteiger partial charge in [0.1, 0.15) is 19.5 Å². The maximum atomic E-state index is 5.84. The summed E-state index contributed by atoms with van der Waals surface area (Å²) in [5.41, 5.74) is 3.20. The Balaban J connectivity index is 2.11. The second-order valence-corrected chi connectivity index (χ2v) is 4.17. The first kappa shape index (κ1) is 13.1. The topological polar surface area (TPSA) is 30.8 Å². The van der Waals surface area contributed by atoms with Crippen LogP contribution in [0.1, 0.15) is 16.7 Å². The summed E-state index contributed by atoms with van der Waals surface area (Å²) in [5.74, 6) is 0.904. The fourth-order valence-corrected chi connectivity index (χ4v) is 1.77. The third-order valence-electron chi connectivity index (χ3n) is 2.83. The van der Waals surface area contributed by atoms with Crippen molar-refractivity contribution in [3.63, 3.8) is 0 Å². The zero-order chi connectivity index (χ0) is 13.5. The molecule has 98 valence electrons. The third kappa shape index (κ3) is 3.58. The maximum Gasteiger partial charge on any atom is 0.122 e. The van der Waals surface area contributed by atoms with Gasteiger partial charge in [0.15, 0.2) is 0 Å². The first-order valence-electron chi connectivity index (χ1n) is 6.14. The molecule has 0 aliphatic heterocycles. The molecule has 2 rings (SSSR count). The largest absolute Gasteiger partial charge is 0.489 e. The highest BCUT2D eigenvalue weighted by Crippen LogP contribution is 2.18. The molecule has 0 saturated heterocycles. The monoisotopic (exact) mass is 255 g/mol. The third-order valence-corrected chi connectivity index (χ3v) is 2.83. The van der Waals surface area contributed by atoms with E-state index in [1.165, 1.54) is 7.11 Å². The van der Waals surface area contributed by atoms with Crippen LogP contribution in [0.4, 0.5) is 0 Å². The molecule has 0 N–H and O–H groups in total. The van der Waals surface area contributed by atoms with Crippen LogP contribution in [0.5, 0.6) is 5.75 Å². The normalized spacial score (nSPS) is 10.6. The second-order valence-electron chi connectivity index (χ2n) is 4.17. The molecule has 19 heavy (non-hydrogen) atoms. The lowest BCUT2D eigenvalue weighted by atomic mass is 10.1. The quantitative estimate of drug-likeness (QED) is 0.604. The summed E-state index contributed by atoms with van der Waals surface area (Å²) in [6.45, 7) is 2.55. The predicted molar refractivity (Wildman–Crippen MR) is 76.6 cm³/mol. The molecule has 0 bridgehead atoms. The van der Waals surface area contributed by atoms with Gasteiger partial charge in [0.05, 0.1) is 6.21 Å². The van der Waals surface area contributed by atoms with Gasteiger partial charge in [0, 0.05) is 5.56 Å². The van der Waals surface area contributed by atoms with Gasteiger partial charge in [-0.3, -0.25) is 0 Å². The van der Waals surface area contributed by atoms with E-state index in [2.05, 4.69) is 5.16 Å². The Morgan fingerprint density at radius 2 is 1.79 bits per heavy atom. The molecule has 0 fully saturated rings. The summed E-state index contributed by atoms with van der Waals surface area (Å²) in [5, 5.41) is 3.79. The Kier molecular flexibility index (Phi) is 4.56. The predicted octanol–water partition coefficient (Wildman–Crippen LogP) is 3.55. The molecule has 0 spiro atoms. The number of benzene rings is 2. The van der Waals surface area contributed by atoms with Crippen LogP contribution < -0.4 is 4.74 Å². The van der Waals surface area contributed by atoms with E-state index in [0.29, 0.717) is 6.61 Å². The Bertz CT molecular complexity index is 564. The number of ether oxygens (including phenoxy) is 1. The average Bonchev–Trinajstić information content (AvgIpc) is 2.45. The molecule has 0 unspecified atom stereocenters. The van der Waals surface area contributed by atoms with Gasteiger partial charge in [-0.05, 0) is 24.1 Å². The van der Waals surface area contributed by atoms with Crippen LogP contribution in [0.25, 0.3) is 0 Å². The van der Waals surface area contributed by atoms with Crippen molar-refractivity contribution >= 4 is 6.21 Å². The van der Waals surface area contributed by atoms with E-state index in [1.54, 1.807) is 6.21 Å². The van der Waals surface area contributed by atoms with Gasteiger partial charge < -0.3 is 9.57 Å². The van der Waals surface area contributed by atoms with Gasteiger partial charge >= 0.3 is 0 Å². The summed E-state index contributed by atoms with van der Waals surface area (Å²) in [6, 6.07) is 15.9. The second kappa shape index (κ2) is 6.59. The highest BCUT2D eigenvalue weighted by molar-refractivity contribution is 5.81. The summed E-state index contributed by atoms with van der Waals surface area (Å²) in [6.07, 6.45) is 1.69. The number of oxime groups is 1. The molecule has 0 radical (unpaired) electrons. The van der Waals surface area contributed by atoms with Crippen molar-refractivity contribution in [2.24, 2.45) is 5.16 Å². The highest BCUT2D eigenvalue weighted by atomic mass is 16.6. The van der Waals surface area contributed by atoms with Crippen molar-refractivity contribution in [3.05, 3.63) is 65.2 Å². The minimum absolute atomic E-state index is 0.511. The van der Waals surface area contributed by atoms with E-state index in [4.69, 9.17) is 9.57 Å². The first-order chi connectivity index (χ1) is 9.31. The Morgan fingerprint density at radius 1 is 1.05 bits per heavy atom. The minimum atomic E-state index is 0.511. The van der Waals surface area contributed by atoms with Gasteiger partial charge in [-0.15, -0.1) is 0 Å². The lowest BCUT2D eigenvalue weighted by Crippen LogP contribution is -2.00. The molecule has 3 nitrogen and oxygen atoms in total. The molecule has 0 aliphatic carbocycles. The van der Waals surface area contributed by atoms with E-state index < -0.39 is 0 Å². The molecule has 0 saturated carbocycles. The molecule has 0 amide bonds. The SMILES string of the molecule is CON=Cc1ccccc1COc1ccccc1C. The van der Waals surface area contributed by atoms with Crippen molar-refractivity contribution in [1.82, 2.24) is 0 Å². The van der Waals surface area contributed by atoms with E-state index in [1.807, 2.05) is 55.5 Å². The van der Waals surface area contributed by atoms with Crippen molar-refractivity contribution in [2.75, 3.05) is 7.11 Å². The fraction of sp³-hybridized carbons (Fsp3) is 0.188. The lowest BCUT2D eigenvalue weighted by Gasteiger charge is -2.10. The number of aryl methyl sites for hydroxylation is 1. The smallest absolute Gasteiger partial charge is 0.122 e. The number of rotatable bonds is 5. The fourth-order valence-electron chi connectivity index (χ4n) is 1.77. The summed E-state index contributed by atoms with van der Waals surface area (Å²) < 4.78 is 5.84. The van der Waals surface area contributed by atoms with Gasteiger partial charge in [-0.25, -0.2) is 0 Å². The Labute approximate surface area is 113 Å². The Morgan fingerprint density at radius 3 is 2.58 bits per heavy atom. The van der Waals surface area contributed by atoms with Gasteiger partial charge in [0.25, 0.3) is 0 Å². The molecule has 0 heterocycles. The van der Waals surface area contributed by atoms with Crippen LogP contribution in [0.2, 0.25) is 0 Å². The van der Waals surface area contributed by atoms with E-state index in [-0.39, 0.29) is 0 Å². The van der Waals surface area contributed by atoms with Crippen molar-refractivity contribution < 1.29 is 9.57 Å². The maximum absolute atomic E-state index is 5.84. The molecular weight excluding hydrogens is 238 g/mol. The van der Waals surface area contributed by atoms with E-state index in [9.17, 15) is 0 Å². The van der Waals surface area contributed by atoms with Crippen LogP contribution in [0, 0.1) is 6.92 Å². The van der Waals surface area contributed by atoms with Gasteiger partial charge in [-0.2, -0.15) is 0 Å². The zero-order valence-corrected chi connectivity index (χ0v) is 11.2. The van der Waals surface area contributed by atoms with Gasteiger partial charge in [0.2, 0.25) is 0 Å². The average molecular weight is 255 g/mol.